The van der Waals surface area contributed by atoms with Crippen molar-refractivity contribution in [2.24, 2.45) is 5.92 Å². The summed E-state index contributed by atoms with van der Waals surface area (Å²) >= 11 is 0. The van der Waals surface area contributed by atoms with Crippen LogP contribution in [0.4, 0.5) is 11.6 Å². The van der Waals surface area contributed by atoms with Crippen molar-refractivity contribution in [3.8, 4) is 0 Å². The third-order valence-corrected chi connectivity index (χ3v) is 3.08. The van der Waals surface area contributed by atoms with Crippen molar-refractivity contribution in [2.45, 2.75) is 12.8 Å². The molecule has 1 aliphatic rings. The Morgan fingerprint density at radius 3 is 3.06 bits per heavy atom. The van der Waals surface area contributed by atoms with E-state index in [1.54, 1.807) is 6.33 Å². The molecule has 1 unspecified atom stereocenters. The maximum Gasteiger partial charge on any atom is 0.133 e. The minimum Gasteiger partial charge on any atom is -0.370 e. The van der Waals surface area contributed by atoms with Crippen molar-refractivity contribution in [3.63, 3.8) is 0 Å². The molecule has 0 radical (unpaired) electrons. The van der Waals surface area contributed by atoms with Crippen molar-refractivity contribution in [3.05, 3.63) is 12.4 Å². The molecule has 0 aromatic carbocycles. The molecule has 1 fully saturated rings. The van der Waals surface area contributed by atoms with Crippen molar-refractivity contribution in [1.82, 2.24) is 15.3 Å². The summed E-state index contributed by atoms with van der Waals surface area (Å²) in [4.78, 5) is 10.4. The Morgan fingerprint density at radius 2 is 2.35 bits per heavy atom. The lowest BCUT2D eigenvalue weighted by Gasteiger charge is -2.23. The summed E-state index contributed by atoms with van der Waals surface area (Å²) in [6.07, 6.45) is 4.18. The van der Waals surface area contributed by atoms with Gasteiger partial charge in [-0.25, -0.2) is 9.97 Å². The van der Waals surface area contributed by atoms with Gasteiger partial charge in [-0.15, -0.1) is 0 Å². The first-order valence-electron chi connectivity index (χ1n) is 6.19. The molecule has 2 N–H and O–H groups in total. The van der Waals surface area contributed by atoms with Crippen LogP contribution in [0.15, 0.2) is 12.4 Å². The highest BCUT2D eigenvalue weighted by molar-refractivity contribution is 5.47. The van der Waals surface area contributed by atoms with Gasteiger partial charge in [-0.1, -0.05) is 0 Å². The molecule has 5 nitrogen and oxygen atoms in total. The number of rotatable bonds is 4. The highest BCUT2D eigenvalue weighted by Gasteiger charge is 2.12. The van der Waals surface area contributed by atoms with E-state index in [1.807, 2.05) is 25.1 Å². The van der Waals surface area contributed by atoms with E-state index in [4.69, 9.17) is 0 Å². The number of nitrogens with zero attached hydrogens (tertiary/aromatic N) is 3. The number of hydrogen-bond acceptors (Lipinski definition) is 5. The van der Waals surface area contributed by atoms with Gasteiger partial charge in [-0.05, 0) is 31.8 Å². The lowest BCUT2D eigenvalue weighted by Crippen LogP contribution is -2.33. The van der Waals surface area contributed by atoms with Gasteiger partial charge in [-0.2, -0.15) is 0 Å². The molecular weight excluding hydrogens is 214 g/mol. The highest BCUT2D eigenvalue weighted by atomic mass is 15.2. The molecular formula is C12H21N5. The smallest absolute Gasteiger partial charge is 0.133 e. The normalized spacial score (nSPS) is 20.0. The number of aromatic nitrogens is 2. The average molecular weight is 235 g/mol. The van der Waals surface area contributed by atoms with Crippen LogP contribution in [-0.4, -0.2) is 43.7 Å². The van der Waals surface area contributed by atoms with E-state index >= 15 is 0 Å². The predicted molar refractivity (Wildman–Crippen MR) is 70.4 cm³/mol. The standard InChI is InChI=1S/C12H21N5/c1-17(2)12-6-11(15-9-16-12)14-8-10-4-3-5-13-7-10/h6,9-10,13H,3-5,7-8H2,1-2H3,(H,14,15,16). The summed E-state index contributed by atoms with van der Waals surface area (Å²) in [6.45, 7) is 3.25. The Bertz CT molecular complexity index is 347. The summed E-state index contributed by atoms with van der Waals surface area (Å²) in [5.74, 6) is 2.56. The maximum atomic E-state index is 4.24. The maximum absolute atomic E-state index is 4.24. The van der Waals surface area contributed by atoms with E-state index in [2.05, 4.69) is 20.6 Å². The lowest BCUT2D eigenvalue weighted by molar-refractivity contribution is 0.392. The van der Waals surface area contributed by atoms with Crippen LogP contribution in [0.25, 0.3) is 0 Å². The highest BCUT2D eigenvalue weighted by Crippen LogP contribution is 2.14. The van der Waals surface area contributed by atoms with Crippen LogP contribution in [-0.2, 0) is 0 Å². The monoisotopic (exact) mass is 235 g/mol. The van der Waals surface area contributed by atoms with Crippen LogP contribution in [0.1, 0.15) is 12.8 Å². The summed E-state index contributed by atoms with van der Waals surface area (Å²) in [6, 6.07) is 1.98. The van der Waals surface area contributed by atoms with E-state index in [9.17, 15) is 0 Å². The number of anilines is 2. The molecule has 1 saturated heterocycles. The molecule has 0 amide bonds. The topological polar surface area (TPSA) is 53.1 Å². The molecule has 0 bridgehead atoms. The summed E-state index contributed by atoms with van der Waals surface area (Å²) < 4.78 is 0. The van der Waals surface area contributed by atoms with E-state index in [-0.39, 0.29) is 0 Å². The minimum atomic E-state index is 0.710. The third-order valence-electron chi connectivity index (χ3n) is 3.08. The zero-order chi connectivity index (χ0) is 12.1. The molecule has 0 saturated carbocycles. The summed E-state index contributed by atoms with van der Waals surface area (Å²) in [5, 5.41) is 6.81. The van der Waals surface area contributed by atoms with Gasteiger partial charge < -0.3 is 15.5 Å². The Labute approximate surface area is 103 Å². The third kappa shape index (κ3) is 3.56. The number of nitrogens with one attached hydrogen (secondary N) is 2. The first-order chi connectivity index (χ1) is 8.25. The van der Waals surface area contributed by atoms with E-state index < -0.39 is 0 Å². The summed E-state index contributed by atoms with van der Waals surface area (Å²) in [5.41, 5.74) is 0. The van der Waals surface area contributed by atoms with Gasteiger partial charge in [-0.3, -0.25) is 0 Å². The molecule has 0 spiro atoms. The average Bonchev–Trinajstić information content (AvgIpc) is 2.38. The van der Waals surface area contributed by atoms with Gasteiger partial charge in [0.15, 0.2) is 0 Å². The molecule has 1 aromatic rings. The molecule has 94 valence electrons. The predicted octanol–water partition coefficient (Wildman–Crippen LogP) is 0.954. The van der Waals surface area contributed by atoms with Crippen LogP contribution >= 0.6 is 0 Å². The van der Waals surface area contributed by atoms with E-state index in [0.717, 1.165) is 31.3 Å². The Morgan fingerprint density at radius 1 is 1.47 bits per heavy atom. The second-order valence-corrected chi connectivity index (χ2v) is 4.75. The molecule has 2 rings (SSSR count). The molecule has 1 aromatic heterocycles. The van der Waals surface area contributed by atoms with Crippen LogP contribution in [0, 0.1) is 5.92 Å². The zero-order valence-corrected chi connectivity index (χ0v) is 10.6. The second kappa shape index (κ2) is 5.82. The van der Waals surface area contributed by atoms with Gasteiger partial charge in [0.05, 0.1) is 0 Å². The summed E-state index contributed by atoms with van der Waals surface area (Å²) in [7, 11) is 3.97. The largest absolute Gasteiger partial charge is 0.370 e. The SMILES string of the molecule is CN(C)c1cc(NCC2CCCNC2)ncn1. The van der Waals surface area contributed by atoms with Crippen molar-refractivity contribution >= 4 is 11.6 Å². The van der Waals surface area contributed by atoms with Crippen molar-refractivity contribution < 1.29 is 0 Å². The molecule has 17 heavy (non-hydrogen) atoms. The molecule has 0 aliphatic carbocycles. The Balaban J connectivity index is 1.87. The van der Waals surface area contributed by atoms with Crippen LogP contribution in [0.5, 0.6) is 0 Å². The second-order valence-electron chi connectivity index (χ2n) is 4.75. The lowest BCUT2D eigenvalue weighted by atomic mass is 10.00. The molecule has 2 heterocycles. The zero-order valence-electron chi connectivity index (χ0n) is 10.6. The Kier molecular flexibility index (Phi) is 4.14. The van der Waals surface area contributed by atoms with Crippen LogP contribution < -0.4 is 15.5 Å². The number of hydrogen-bond donors (Lipinski definition) is 2. The van der Waals surface area contributed by atoms with Crippen LogP contribution in [0.2, 0.25) is 0 Å². The minimum absolute atomic E-state index is 0.710. The van der Waals surface area contributed by atoms with Crippen molar-refractivity contribution in [2.75, 3.05) is 43.9 Å². The first kappa shape index (κ1) is 12.1. The fraction of sp³-hybridized carbons (Fsp3) is 0.667. The van der Waals surface area contributed by atoms with Gasteiger partial charge in [0, 0.05) is 26.7 Å². The molecule has 1 atom stereocenters. The first-order valence-corrected chi connectivity index (χ1v) is 6.19. The Hall–Kier alpha value is -1.36. The van der Waals surface area contributed by atoms with Crippen molar-refractivity contribution in [1.29, 1.82) is 0 Å². The van der Waals surface area contributed by atoms with Crippen LogP contribution in [0.3, 0.4) is 0 Å². The molecule has 5 heteroatoms. The fourth-order valence-corrected chi connectivity index (χ4v) is 2.04. The fourth-order valence-electron chi connectivity index (χ4n) is 2.04. The quantitative estimate of drug-likeness (QED) is 0.814. The van der Waals surface area contributed by atoms with Gasteiger partial charge in [0.1, 0.15) is 18.0 Å². The van der Waals surface area contributed by atoms with E-state index in [1.165, 1.54) is 12.8 Å². The van der Waals surface area contributed by atoms with Gasteiger partial charge in [0.25, 0.3) is 0 Å². The van der Waals surface area contributed by atoms with Gasteiger partial charge >= 0.3 is 0 Å². The molecule has 1 aliphatic heterocycles. The number of piperidine rings is 1. The van der Waals surface area contributed by atoms with Gasteiger partial charge in [0.2, 0.25) is 0 Å². The van der Waals surface area contributed by atoms with E-state index in [0.29, 0.717) is 5.92 Å².